The first-order valence-corrected chi connectivity index (χ1v) is 4.18. The second-order valence-electron chi connectivity index (χ2n) is 2.50. The Morgan fingerprint density at radius 1 is 1.64 bits per heavy atom. The third-order valence-electron chi connectivity index (χ3n) is 1.53. The molecule has 3 nitrogen and oxygen atoms in total. The van der Waals surface area contributed by atoms with Crippen LogP contribution in [0.2, 0.25) is 5.02 Å². The third kappa shape index (κ3) is 2.41. The summed E-state index contributed by atoms with van der Waals surface area (Å²) in [6.45, 7) is 0.159. The number of hydrogen-bond acceptors (Lipinski definition) is 2. The summed E-state index contributed by atoms with van der Waals surface area (Å²) in [5.41, 5.74) is 5.33. The molecule has 0 radical (unpaired) electrons. The zero-order valence-corrected chi connectivity index (χ0v) is 8.04. The van der Waals surface area contributed by atoms with Crippen LogP contribution in [0.4, 0.5) is 0 Å². The van der Waals surface area contributed by atoms with Gasteiger partial charge in [0.15, 0.2) is 0 Å². The van der Waals surface area contributed by atoms with Crippen LogP contribution in [0.1, 0.15) is 10.4 Å². The van der Waals surface area contributed by atoms with Gasteiger partial charge in [-0.3, -0.25) is 4.79 Å². The van der Waals surface area contributed by atoms with Crippen molar-refractivity contribution in [2.24, 2.45) is 5.73 Å². The summed E-state index contributed by atoms with van der Waals surface area (Å²) in [6.07, 6.45) is 5.01. The van der Waals surface area contributed by atoms with Crippen molar-refractivity contribution >= 4 is 17.5 Å². The summed E-state index contributed by atoms with van der Waals surface area (Å²) in [7, 11) is 0. The average molecular weight is 210 g/mol. The van der Waals surface area contributed by atoms with Crippen LogP contribution in [0.3, 0.4) is 0 Å². The molecule has 0 bridgehead atoms. The molecule has 0 spiro atoms. The van der Waals surface area contributed by atoms with Crippen molar-refractivity contribution in [1.29, 1.82) is 0 Å². The van der Waals surface area contributed by atoms with Gasteiger partial charge in [0.1, 0.15) is 12.4 Å². The predicted molar refractivity (Wildman–Crippen MR) is 54.3 cm³/mol. The predicted octanol–water partition coefficient (Wildman–Crippen LogP) is 1.45. The van der Waals surface area contributed by atoms with Crippen LogP contribution in [-0.2, 0) is 0 Å². The van der Waals surface area contributed by atoms with E-state index >= 15 is 0 Å². The van der Waals surface area contributed by atoms with Gasteiger partial charge in [0, 0.05) is 0 Å². The molecule has 1 rings (SSSR count). The molecule has 0 saturated heterocycles. The molecule has 0 atom stereocenters. The zero-order valence-electron chi connectivity index (χ0n) is 7.29. The topological polar surface area (TPSA) is 52.3 Å². The number of terminal acetylenes is 1. The summed E-state index contributed by atoms with van der Waals surface area (Å²) in [5, 5.41) is 0.257. The van der Waals surface area contributed by atoms with Crippen LogP contribution < -0.4 is 10.5 Å². The van der Waals surface area contributed by atoms with Crippen molar-refractivity contribution in [3.05, 3.63) is 28.8 Å². The van der Waals surface area contributed by atoms with Gasteiger partial charge in [-0.25, -0.2) is 0 Å². The standard InChI is InChI=1S/C10H8ClNO2/c1-2-5-14-7-3-4-8(10(12)13)9(11)6-7/h1,3-4,6H,5H2,(H2,12,13). The fraction of sp³-hybridized carbons (Fsp3) is 0.100. The van der Waals surface area contributed by atoms with E-state index in [0.717, 1.165) is 0 Å². The van der Waals surface area contributed by atoms with Gasteiger partial charge in [-0.1, -0.05) is 17.5 Å². The van der Waals surface area contributed by atoms with Gasteiger partial charge in [-0.05, 0) is 18.2 Å². The zero-order chi connectivity index (χ0) is 10.6. The molecular formula is C10H8ClNO2. The molecule has 14 heavy (non-hydrogen) atoms. The third-order valence-corrected chi connectivity index (χ3v) is 1.84. The highest BCUT2D eigenvalue weighted by molar-refractivity contribution is 6.33. The number of benzene rings is 1. The van der Waals surface area contributed by atoms with Crippen LogP contribution in [0.15, 0.2) is 18.2 Å². The van der Waals surface area contributed by atoms with E-state index in [1.165, 1.54) is 12.1 Å². The highest BCUT2D eigenvalue weighted by Crippen LogP contribution is 2.21. The SMILES string of the molecule is C#CCOc1ccc(C(N)=O)c(Cl)c1. The first-order valence-electron chi connectivity index (χ1n) is 3.80. The molecule has 0 saturated carbocycles. The molecule has 1 amide bonds. The van der Waals surface area contributed by atoms with Gasteiger partial charge in [0.2, 0.25) is 5.91 Å². The fourth-order valence-corrected chi connectivity index (χ4v) is 1.17. The van der Waals surface area contributed by atoms with E-state index in [4.69, 9.17) is 28.5 Å². The number of amides is 1. The molecule has 0 fully saturated rings. The maximum absolute atomic E-state index is 10.8. The molecule has 0 aliphatic heterocycles. The van der Waals surface area contributed by atoms with E-state index in [-0.39, 0.29) is 17.2 Å². The number of carbonyl (C=O) groups excluding carboxylic acids is 1. The molecule has 0 heterocycles. The Morgan fingerprint density at radius 2 is 2.36 bits per heavy atom. The lowest BCUT2D eigenvalue weighted by Gasteiger charge is -2.04. The summed E-state index contributed by atoms with van der Waals surface area (Å²) in [6, 6.07) is 4.58. The van der Waals surface area contributed by atoms with Gasteiger partial charge < -0.3 is 10.5 Å². The monoisotopic (exact) mass is 209 g/mol. The Balaban J connectivity index is 2.90. The summed E-state index contributed by atoms with van der Waals surface area (Å²) >= 11 is 5.77. The number of ether oxygens (including phenoxy) is 1. The quantitative estimate of drug-likeness (QED) is 0.767. The van der Waals surface area contributed by atoms with Crippen molar-refractivity contribution in [3.63, 3.8) is 0 Å². The molecule has 0 aliphatic carbocycles. The van der Waals surface area contributed by atoms with Gasteiger partial charge in [0.25, 0.3) is 0 Å². The molecule has 0 unspecified atom stereocenters. The molecule has 72 valence electrons. The summed E-state index contributed by atoms with van der Waals surface area (Å²) in [4.78, 5) is 10.8. The first kappa shape index (κ1) is 10.4. The van der Waals surface area contributed by atoms with Crippen LogP contribution in [-0.4, -0.2) is 12.5 Å². The molecule has 0 aliphatic rings. The lowest BCUT2D eigenvalue weighted by Crippen LogP contribution is -2.11. The highest BCUT2D eigenvalue weighted by Gasteiger charge is 2.06. The van der Waals surface area contributed by atoms with Crippen molar-refractivity contribution in [2.75, 3.05) is 6.61 Å². The summed E-state index contributed by atoms with van der Waals surface area (Å²) in [5.74, 6) is 2.26. The molecule has 2 N–H and O–H groups in total. The van der Waals surface area contributed by atoms with Crippen molar-refractivity contribution in [2.45, 2.75) is 0 Å². The van der Waals surface area contributed by atoms with E-state index in [0.29, 0.717) is 5.75 Å². The molecular weight excluding hydrogens is 202 g/mol. The Hall–Kier alpha value is -1.66. The minimum absolute atomic E-state index is 0.159. The van der Waals surface area contributed by atoms with Crippen molar-refractivity contribution in [1.82, 2.24) is 0 Å². The van der Waals surface area contributed by atoms with Crippen LogP contribution in [0, 0.1) is 12.3 Å². The van der Waals surface area contributed by atoms with E-state index in [1.54, 1.807) is 6.07 Å². The normalized spacial score (nSPS) is 9.14. The van der Waals surface area contributed by atoms with Gasteiger partial charge in [0.05, 0.1) is 10.6 Å². The number of hydrogen-bond donors (Lipinski definition) is 1. The molecule has 4 heteroatoms. The molecule has 0 aromatic heterocycles. The Labute approximate surface area is 86.8 Å². The molecule has 1 aromatic carbocycles. The largest absolute Gasteiger partial charge is 0.481 e. The van der Waals surface area contributed by atoms with Gasteiger partial charge >= 0.3 is 0 Å². The Morgan fingerprint density at radius 3 is 2.86 bits per heavy atom. The van der Waals surface area contributed by atoms with Crippen LogP contribution in [0.5, 0.6) is 5.75 Å². The smallest absolute Gasteiger partial charge is 0.250 e. The molecule has 1 aromatic rings. The van der Waals surface area contributed by atoms with E-state index < -0.39 is 5.91 Å². The number of carbonyl (C=O) groups is 1. The van der Waals surface area contributed by atoms with Crippen molar-refractivity contribution in [3.8, 4) is 18.1 Å². The minimum atomic E-state index is -0.571. The second-order valence-corrected chi connectivity index (χ2v) is 2.91. The Bertz CT molecular complexity index is 396. The van der Waals surface area contributed by atoms with E-state index in [1.807, 2.05) is 0 Å². The second kappa shape index (κ2) is 4.54. The number of primary amides is 1. The minimum Gasteiger partial charge on any atom is -0.481 e. The lowest BCUT2D eigenvalue weighted by molar-refractivity contribution is 0.100. The fourth-order valence-electron chi connectivity index (χ4n) is 0.910. The average Bonchev–Trinajstić information content (AvgIpc) is 2.14. The van der Waals surface area contributed by atoms with Crippen LogP contribution in [0.25, 0.3) is 0 Å². The van der Waals surface area contributed by atoms with Gasteiger partial charge in [-0.15, -0.1) is 6.42 Å². The number of rotatable bonds is 3. The first-order chi connectivity index (χ1) is 6.65. The number of nitrogens with two attached hydrogens (primary N) is 1. The maximum atomic E-state index is 10.8. The van der Waals surface area contributed by atoms with Crippen LogP contribution >= 0.6 is 11.6 Å². The number of halogens is 1. The van der Waals surface area contributed by atoms with Crippen molar-refractivity contribution < 1.29 is 9.53 Å². The van der Waals surface area contributed by atoms with E-state index in [9.17, 15) is 4.79 Å². The maximum Gasteiger partial charge on any atom is 0.250 e. The Kier molecular flexibility index (Phi) is 3.38. The van der Waals surface area contributed by atoms with Gasteiger partial charge in [-0.2, -0.15) is 0 Å². The van der Waals surface area contributed by atoms with E-state index in [2.05, 4.69) is 5.92 Å². The highest BCUT2D eigenvalue weighted by atomic mass is 35.5. The lowest BCUT2D eigenvalue weighted by atomic mass is 10.2. The summed E-state index contributed by atoms with van der Waals surface area (Å²) < 4.78 is 5.10.